The number of imidazole rings is 1. The number of nitrogens with one attached hydrogen (secondary N) is 1. The summed E-state index contributed by atoms with van der Waals surface area (Å²) < 4.78 is 5.13. The molecule has 0 spiro atoms. The van der Waals surface area contributed by atoms with Crippen molar-refractivity contribution in [1.29, 1.82) is 0 Å². The van der Waals surface area contributed by atoms with E-state index in [2.05, 4.69) is 15.0 Å². The standard InChI is InChI=1S/C20H19Cl2N3O3S/c1-11(2)17-19(29-15-9-13(21)8-14(22)10-15)25-18(24-17)16(28-20(26)27)7-12-3-5-23-6-4-12/h3-6,8-11,16H,7H2,1-2H3,(H,24,25)(H,26,27). The average Bonchev–Trinajstić information content (AvgIpc) is 3.05. The highest BCUT2D eigenvalue weighted by Gasteiger charge is 2.24. The molecule has 2 aromatic heterocycles. The quantitative estimate of drug-likeness (QED) is 0.406. The molecule has 1 unspecified atom stereocenters. The van der Waals surface area contributed by atoms with Gasteiger partial charge >= 0.3 is 6.16 Å². The van der Waals surface area contributed by atoms with E-state index < -0.39 is 12.3 Å². The molecule has 0 aliphatic carbocycles. The molecule has 2 heterocycles. The van der Waals surface area contributed by atoms with Crippen LogP contribution < -0.4 is 0 Å². The Bertz CT molecular complexity index is 976. The van der Waals surface area contributed by atoms with Gasteiger partial charge in [-0.25, -0.2) is 9.78 Å². The van der Waals surface area contributed by atoms with Crippen LogP contribution in [0.3, 0.4) is 0 Å². The molecule has 2 N–H and O–H groups in total. The van der Waals surface area contributed by atoms with Crippen molar-refractivity contribution in [1.82, 2.24) is 15.0 Å². The highest BCUT2D eigenvalue weighted by atomic mass is 35.5. The van der Waals surface area contributed by atoms with E-state index in [0.717, 1.165) is 21.2 Å². The lowest BCUT2D eigenvalue weighted by Gasteiger charge is -2.13. The van der Waals surface area contributed by atoms with E-state index in [1.165, 1.54) is 11.8 Å². The van der Waals surface area contributed by atoms with E-state index in [9.17, 15) is 9.90 Å². The number of carboxylic acid groups (broad SMARTS) is 1. The Balaban J connectivity index is 1.94. The van der Waals surface area contributed by atoms with Gasteiger partial charge in [0, 0.05) is 33.8 Å². The summed E-state index contributed by atoms with van der Waals surface area (Å²) in [6.07, 6.45) is 1.51. The molecule has 1 atom stereocenters. The fourth-order valence-electron chi connectivity index (χ4n) is 2.76. The topological polar surface area (TPSA) is 88.1 Å². The van der Waals surface area contributed by atoms with Crippen LogP contribution in [0, 0.1) is 0 Å². The number of halogens is 2. The summed E-state index contributed by atoms with van der Waals surface area (Å²) >= 11 is 13.7. The van der Waals surface area contributed by atoms with Crippen LogP contribution in [-0.2, 0) is 11.2 Å². The number of hydrogen-bond acceptors (Lipinski definition) is 5. The van der Waals surface area contributed by atoms with Gasteiger partial charge in [0.15, 0.2) is 6.10 Å². The third-order valence-corrected chi connectivity index (χ3v) is 5.46. The van der Waals surface area contributed by atoms with Crippen LogP contribution in [0.5, 0.6) is 0 Å². The van der Waals surface area contributed by atoms with Gasteiger partial charge in [0.05, 0.1) is 5.69 Å². The second-order valence-corrected chi connectivity index (χ2v) is 8.59. The molecule has 3 aromatic rings. The van der Waals surface area contributed by atoms with E-state index in [1.807, 2.05) is 38.1 Å². The molecule has 0 aliphatic heterocycles. The molecule has 29 heavy (non-hydrogen) atoms. The first kappa shape index (κ1) is 21.5. The van der Waals surface area contributed by atoms with Crippen molar-refractivity contribution in [3.63, 3.8) is 0 Å². The first-order valence-electron chi connectivity index (χ1n) is 8.84. The van der Waals surface area contributed by atoms with E-state index >= 15 is 0 Å². The predicted octanol–water partition coefficient (Wildman–Crippen LogP) is 6.36. The van der Waals surface area contributed by atoms with E-state index in [0.29, 0.717) is 22.3 Å². The molecular formula is C20H19Cl2N3O3S. The minimum Gasteiger partial charge on any atom is -0.450 e. The molecule has 0 radical (unpaired) electrons. The number of rotatable bonds is 7. The zero-order valence-corrected chi connectivity index (χ0v) is 18.1. The van der Waals surface area contributed by atoms with Crippen molar-refractivity contribution in [3.8, 4) is 0 Å². The number of carbonyl (C=O) groups is 1. The largest absolute Gasteiger partial charge is 0.506 e. The molecule has 0 bridgehead atoms. The molecule has 0 aliphatic rings. The summed E-state index contributed by atoms with van der Waals surface area (Å²) in [4.78, 5) is 24.0. The number of aromatic amines is 1. The number of H-pyrrole nitrogens is 1. The number of pyridine rings is 1. The van der Waals surface area contributed by atoms with E-state index in [4.69, 9.17) is 27.9 Å². The zero-order valence-electron chi connectivity index (χ0n) is 15.7. The molecule has 9 heteroatoms. The van der Waals surface area contributed by atoms with Crippen molar-refractivity contribution in [2.75, 3.05) is 0 Å². The molecule has 0 fully saturated rings. The first-order chi connectivity index (χ1) is 13.8. The second kappa shape index (κ2) is 9.52. The molecule has 6 nitrogen and oxygen atoms in total. The maximum Gasteiger partial charge on any atom is 0.506 e. The maximum absolute atomic E-state index is 11.3. The maximum atomic E-state index is 11.3. The van der Waals surface area contributed by atoms with Crippen LogP contribution in [-0.4, -0.2) is 26.2 Å². The third-order valence-electron chi connectivity index (χ3n) is 4.04. The van der Waals surface area contributed by atoms with Crippen LogP contribution in [0.4, 0.5) is 4.79 Å². The van der Waals surface area contributed by atoms with Gasteiger partial charge in [0.2, 0.25) is 0 Å². The molecule has 3 rings (SSSR count). The van der Waals surface area contributed by atoms with Crippen molar-refractivity contribution in [2.45, 2.75) is 42.2 Å². The van der Waals surface area contributed by atoms with Gasteiger partial charge in [-0.1, -0.05) is 48.8 Å². The monoisotopic (exact) mass is 451 g/mol. The lowest BCUT2D eigenvalue weighted by Crippen LogP contribution is -2.13. The number of aromatic nitrogens is 3. The van der Waals surface area contributed by atoms with Gasteiger partial charge in [-0.3, -0.25) is 4.98 Å². The van der Waals surface area contributed by atoms with Gasteiger partial charge in [0.25, 0.3) is 0 Å². The molecular weight excluding hydrogens is 433 g/mol. The minimum atomic E-state index is -1.36. The Kier molecular flexibility index (Phi) is 7.05. The predicted molar refractivity (Wildman–Crippen MR) is 113 cm³/mol. The van der Waals surface area contributed by atoms with Crippen LogP contribution in [0.25, 0.3) is 0 Å². The van der Waals surface area contributed by atoms with Gasteiger partial charge in [-0.15, -0.1) is 0 Å². The van der Waals surface area contributed by atoms with Crippen LogP contribution >= 0.6 is 35.0 Å². The Morgan fingerprint density at radius 3 is 2.45 bits per heavy atom. The number of hydrogen-bond donors (Lipinski definition) is 2. The van der Waals surface area contributed by atoms with E-state index in [-0.39, 0.29) is 5.92 Å². The highest BCUT2D eigenvalue weighted by Crippen LogP contribution is 2.36. The Morgan fingerprint density at radius 1 is 1.21 bits per heavy atom. The summed E-state index contributed by atoms with van der Waals surface area (Å²) in [5, 5.41) is 11.1. The molecule has 1 aromatic carbocycles. The van der Waals surface area contributed by atoms with Crippen molar-refractivity contribution in [3.05, 3.63) is 69.9 Å². The highest BCUT2D eigenvalue weighted by molar-refractivity contribution is 7.99. The minimum absolute atomic E-state index is 0.114. The number of benzene rings is 1. The van der Waals surface area contributed by atoms with Crippen LogP contribution in [0.2, 0.25) is 10.0 Å². The molecule has 0 amide bonds. The molecule has 152 valence electrons. The smallest absolute Gasteiger partial charge is 0.450 e. The fourth-order valence-corrected chi connectivity index (χ4v) is 4.57. The van der Waals surface area contributed by atoms with Gasteiger partial charge in [0.1, 0.15) is 10.9 Å². The normalized spacial score (nSPS) is 12.2. The Hall–Kier alpha value is -2.22. The van der Waals surface area contributed by atoms with Crippen LogP contribution in [0.1, 0.15) is 43.0 Å². The Morgan fingerprint density at radius 2 is 1.86 bits per heavy atom. The summed E-state index contributed by atoms with van der Waals surface area (Å²) in [6, 6.07) is 8.92. The lowest BCUT2D eigenvalue weighted by molar-refractivity contribution is 0.0478. The van der Waals surface area contributed by atoms with E-state index in [1.54, 1.807) is 18.5 Å². The molecule has 0 saturated heterocycles. The molecule has 0 saturated carbocycles. The summed E-state index contributed by atoms with van der Waals surface area (Å²) in [7, 11) is 0. The van der Waals surface area contributed by atoms with Gasteiger partial charge in [-0.05, 0) is 41.8 Å². The number of ether oxygens (including phenoxy) is 1. The summed E-state index contributed by atoms with van der Waals surface area (Å²) in [5.74, 6) is 0.562. The zero-order chi connectivity index (χ0) is 21.0. The third kappa shape index (κ3) is 5.88. The summed E-state index contributed by atoms with van der Waals surface area (Å²) in [5.41, 5.74) is 1.71. The number of nitrogens with zero attached hydrogens (tertiary/aromatic N) is 2. The lowest BCUT2D eigenvalue weighted by atomic mass is 10.1. The Labute approximate surface area is 182 Å². The van der Waals surface area contributed by atoms with Crippen molar-refractivity contribution in [2.24, 2.45) is 0 Å². The first-order valence-corrected chi connectivity index (χ1v) is 10.4. The van der Waals surface area contributed by atoms with Crippen molar-refractivity contribution >= 4 is 41.1 Å². The summed E-state index contributed by atoms with van der Waals surface area (Å²) in [6.45, 7) is 4.04. The van der Waals surface area contributed by atoms with Crippen LogP contribution in [0.15, 0.2) is 52.6 Å². The SMILES string of the molecule is CC(C)c1nc(C(Cc2ccncc2)OC(=O)O)[nH]c1Sc1cc(Cl)cc(Cl)c1. The van der Waals surface area contributed by atoms with Gasteiger partial charge in [-0.2, -0.15) is 0 Å². The second-order valence-electron chi connectivity index (χ2n) is 6.63. The van der Waals surface area contributed by atoms with Gasteiger partial charge < -0.3 is 14.8 Å². The average molecular weight is 452 g/mol. The fraction of sp³-hybridized carbons (Fsp3) is 0.250. The van der Waals surface area contributed by atoms with Crippen molar-refractivity contribution < 1.29 is 14.6 Å².